The van der Waals surface area contributed by atoms with Crippen LogP contribution in [-0.2, 0) is 4.57 Å². The number of hydrogen-bond donors (Lipinski definition) is 15. The minimum Gasteiger partial charge on any atom is -0.402 e. The van der Waals surface area contributed by atoms with Crippen LogP contribution in [0.15, 0.2) is 0 Å². The van der Waals surface area contributed by atoms with Gasteiger partial charge in [0.05, 0.1) is 0 Å². The second kappa shape index (κ2) is 22.2. The SMILES string of the molecule is O=P(O)(O)O.OB(O)O.OB(O)O.OB(O)O.OB(O)O. The Morgan fingerprint density at radius 2 is 0.429 bits per heavy atom. The van der Waals surface area contributed by atoms with Crippen molar-refractivity contribution < 1.29 is 79.5 Å². The zero-order valence-corrected chi connectivity index (χ0v) is 10.8. The molecule has 128 valence electrons. The first kappa shape index (κ1) is 32.7. The van der Waals surface area contributed by atoms with Crippen molar-refractivity contribution in [2.75, 3.05) is 0 Å². The summed E-state index contributed by atoms with van der Waals surface area (Å²) in [6.45, 7) is 0. The topological polar surface area (TPSA) is 321 Å². The molecule has 0 unspecified atom stereocenters. The Balaban J connectivity index is -0.0000000510. The summed E-state index contributed by atoms with van der Waals surface area (Å²) in [7, 11) is -13.3. The predicted octanol–water partition coefficient (Wildman–Crippen LogP) is -9.14. The van der Waals surface area contributed by atoms with Crippen LogP contribution in [0.5, 0.6) is 0 Å². The van der Waals surface area contributed by atoms with Gasteiger partial charge in [0.1, 0.15) is 0 Å². The van der Waals surface area contributed by atoms with Crippen molar-refractivity contribution in [3.8, 4) is 0 Å². The summed E-state index contributed by atoms with van der Waals surface area (Å²) in [6.07, 6.45) is 0. The van der Waals surface area contributed by atoms with Crippen LogP contribution in [0.4, 0.5) is 0 Å². The molecule has 0 aliphatic carbocycles. The van der Waals surface area contributed by atoms with Crippen LogP contribution in [0, 0.1) is 0 Å². The van der Waals surface area contributed by atoms with E-state index in [0.717, 1.165) is 0 Å². The maximum atomic E-state index is 8.88. The molecule has 21 heteroatoms. The van der Waals surface area contributed by atoms with Crippen LogP contribution in [0.25, 0.3) is 0 Å². The molecule has 0 aliphatic heterocycles. The van der Waals surface area contributed by atoms with E-state index in [0.29, 0.717) is 0 Å². The third-order valence-corrected chi connectivity index (χ3v) is 0. The fraction of sp³-hybridized carbons (Fsp3) is 0. The van der Waals surface area contributed by atoms with Crippen molar-refractivity contribution in [1.29, 1.82) is 0 Å². The van der Waals surface area contributed by atoms with Gasteiger partial charge in [-0.05, 0) is 0 Å². The Labute approximate surface area is 118 Å². The lowest BCUT2D eigenvalue weighted by Gasteiger charge is -1.82. The summed E-state index contributed by atoms with van der Waals surface area (Å²) in [5.41, 5.74) is 0. The summed E-state index contributed by atoms with van der Waals surface area (Å²) in [5.74, 6) is 0. The highest BCUT2D eigenvalue weighted by atomic mass is 31.2. The predicted molar refractivity (Wildman–Crippen MR) is 63.9 cm³/mol. The number of rotatable bonds is 0. The molecular formula is H15B4O16P. The van der Waals surface area contributed by atoms with E-state index in [1.165, 1.54) is 0 Å². The van der Waals surface area contributed by atoms with E-state index < -0.39 is 37.1 Å². The van der Waals surface area contributed by atoms with Crippen molar-refractivity contribution in [2.24, 2.45) is 0 Å². The Morgan fingerprint density at radius 1 is 0.429 bits per heavy atom. The van der Waals surface area contributed by atoms with E-state index in [9.17, 15) is 0 Å². The molecule has 21 heavy (non-hydrogen) atoms. The Morgan fingerprint density at radius 3 is 0.429 bits per heavy atom. The lowest BCUT2D eigenvalue weighted by Crippen LogP contribution is -2.07. The second-order valence-electron chi connectivity index (χ2n) is 1.90. The van der Waals surface area contributed by atoms with Gasteiger partial charge in [-0.2, -0.15) is 0 Å². The van der Waals surface area contributed by atoms with Crippen LogP contribution in [0.2, 0.25) is 0 Å². The summed E-state index contributed by atoms with van der Waals surface area (Å²) < 4.78 is 8.88. The van der Waals surface area contributed by atoms with Crippen molar-refractivity contribution in [3.05, 3.63) is 0 Å². The van der Waals surface area contributed by atoms with E-state index in [1.54, 1.807) is 0 Å². The van der Waals surface area contributed by atoms with Gasteiger partial charge in [0.15, 0.2) is 0 Å². The molecule has 0 fully saturated rings. The zero-order chi connectivity index (χ0) is 18.8. The van der Waals surface area contributed by atoms with Crippen molar-refractivity contribution in [3.63, 3.8) is 0 Å². The Bertz CT molecular complexity index is 153. The third-order valence-electron chi connectivity index (χ3n) is 0. The van der Waals surface area contributed by atoms with Crippen LogP contribution >= 0.6 is 7.82 Å². The van der Waals surface area contributed by atoms with E-state index in [4.69, 9.17) is 79.5 Å². The van der Waals surface area contributed by atoms with Crippen molar-refractivity contribution >= 4 is 37.1 Å². The average molecular weight is 345 g/mol. The fourth-order valence-corrected chi connectivity index (χ4v) is 0. The van der Waals surface area contributed by atoms with E-state index in [2.05, 4.69) is 0 Å². The molecular weight excluding hydrogens is 330 g/mol. The molecule has 0 aromatic heterocycles. The second-order valence-corrected chi connectivity index (χ2v) is 2.93. The van der Waals surface area contributed by atoms with E-state index in [1.807, 2.05) is 0 Å². The average Bonchev–Trinajstić information content (AvgIpc) is 1.91. The van der Waals surface area contributed by atoms with Crippen LogP contribution in [0.1, 0.15) is 0 Å². The maximum absolute atomic E-state index is 8.88. The normalized spacial score (nSPS) is 7.95. The van der Waals surface area contributed by atoms with Crippen LogP contribution in [0.3, 0.4) is 0 Å². The zero-order valence-electron chi connectivity index (χ0n) is 9.87. The first-order valence-electron chi connectivity index (χ1n) is 3.88. The lowest BCUT2D eigenvalue weighted by atomic mass is 10.3. The molecule has 0 spiro atoms. The summed E-state index contributed by atoms with van der Waals surface area (Å²) in [5, 5.41) is 86.0. The van der Waals surface area contributed by atoms with Crippen molar-refractivity contribution in [1.82, 2.24) is 0 Å². The van der Waals surface area contributed by atoms with E-state index in [-0.39, 0.29) is 0 Å². The highest BCUT2D eigenvalue weighted by molar-refractivity contribution is 7.45. The lowest BCUT2D eigenvalue weighted by molar-refractivity contribution is 0.273. The van der Waals surface area contributed by atoms with Gasteiger partial charge in [0.2, 0.25) is 0 Å². The van der Waals surface area contributed by atoms with Gasteiger partial charge < -0.3 is 75.0 Å². The molecule has 0 saturated heterocycles. The summed E-state index contributed by atoms with van der Waals surface area (Å²) in [6, 6.07) is 0. The summed E-state index contributed by atoms with van der Waals surface area (Å²) in [4.78, 5) is 21.6. The van der Waals surface area contributed by atoms with Gasteiger partial charge >= 0.3 is 37.1 Å². The van der Waals surface area contributed by atoms with Crippen molar-refractivity contribution in [2.45, 2.75) is 0 Å². The quantitative estimate of drug-likeness (QED) is 0.143. The van der Waals surface area contributed by atoms with Gasteiger partial charge in [-0.3, -0.25) is 0 Å². The standard InChI is InChI=1S/4BH3O3.H3O4P/c4*2-1(3)4;1-5(2,3)4/h4*2-4H;(H3,1,2,3,4). The maximum Gasteiger partial charge on any atom is 0.631 e. The minimum absolute atomic E-state index is 2.17. The van der Waals surface area contributed by atoms with Gasteiger partial charge in [-0.1, -0.05) is 0 Å². The monoisotopic (exact) mass is 346 g/mol. The minimum atomic E-state index is -4.64. The molecule has 0 heterocycles. The molecule has 15 N–H and O–H groups in total. The highest BCUT2D eigenvalue weighted by Gasteiger charge is 2.00. The van der Waals surface area contributed by atoms with E-state index >= 15 is 0 Å². The highest BCUT2D eigenvalue weighted by Crippen LogP contribution is 2.25. The Kier molecular flexibility index (Phi) is 34.6. The molecule has 0 radical (unpaired) electrons. The molecule has 0 aliphatic rings. The Hall–Kier alpha value is -0.110. The van der Waals surface area contributed by atoms with Gasteiger partial charge in [-0.25, -0.2) is 4.57 Å². The first-order valence-corrected chi connectivity index (χ1v) is 5.45. The number of hydrogen-bond acceptors (Lipinski definition) is 13. The van der Waals surface area contributed by atoms with Gasteiger partial charge in [0, 0.05) is 0 Å². The largest absolute Gasteiger partial charge is 0.631 e. The first-order chi connectivity index (χ1) is 8.93. The van der Waals surface area contributed by atoms with Crippen LogP contribution in [-0.4, -0.2) is 104 Å². The molecule has 0 atom stereocenters. The molecule has 0 saturated carbocycles. The number of phosphoric acid groups is 1. The molecule has 0 aromatic rings. The smallest absolute Gasteiger partial charge is 0.402 e. The molecule has 16 nitrogen and oxygen atoms in total. The molecule has 0 amide bonds. The van der Waals surface area contributed by atoms with Gasteiger partial charge in [0.25, 0.3) is 0 Å². The summed E-state index contributed by atoms with van der Waals surface area (Å²) >= 11 is 0. The molecule has 0 rings (SSSR count). The molecule has 0 aromatic carbocycles. The fourth-order valence-electron chi connectivity index (χ4n) is 0. The molecule has 0 bridgehead atoms. The third kappa shape index (κ3) is 524000. The van der Waals surface area contributed by atoms with Gasteiger partial charge in [-0.15, -0.1) is 0 Å². The van der Waals surface area contributed by atoms with Crippen LogP contribution < -0.4 is 0 Å².